The highest BCUT2D eigenvalue weighted by Crippen LogP contribution is 2.32. The van der Waals surface area contributed by atoms with Crippen molar-refractivity contribution in [3.63, 3.8) is 0 Å². The zero-order valence-electron chi connectivity index (χ0n) is 18.7. The van der Waals surface area contributed by atoms with Gasteiger partial charge in [0.2, 0.25) is 0 Å². The lowest BCUT2D eigenvalue weighted by Crippen LogP contribution is -2.45. The highest BCUT2D eigenvalue weighted by atomic mass is 16.6. The summed E-state index contributed by atoms with van der Waals surface area (Å²) < 4.78 is 5.77. The van der Waals surface area contributed by atoms with Crippen molar-refractivity contribution in [3.8, 4) is 0 Å². The number of unbranched alkanes of at least 4 members (excludes halogenated alkanes) is 6. The van der Waals surface area contributed by atoms with Gasteiger partial charge in [-0.15, -0.1) is 0 Å². The van der Waals surface area contributed by atoms with E-state index in [1.54, 1.807) is 4.90 Å². The van der Waals surface area contributed by atoms with Crippen LogP contribution in [0.1, 0.15) is 95.8 Å². The molecule has 4 nitrogen and oxygen atoms in total. The molecule has 0 bridgehead atoms. The molecule has 162 valence electrons. The van der Waals surface area contributed by atoms with Crippen LogP contribution in [0.4, 0.5) is 0 Å². The number of rotatable bonds is 12. The summed E-state index contributed by atoms with van der Waals surface area (Å²) in [4.78, 5) is 27.6. The third-order valence-corrected chi connectivity index (χ3v) is 5.82. The number of cyclic esters (lactones) is 1. The second-order valence-electron chi connectivity index (χ2n) is 8.94. The van der Waals surface area contributed by atoms with E-state index in [0.29, 0.717) is 17.9 Å². The van der Waals surface area contributed by atoms with Crippen LogP contribution in [0.5, 0.6) is 0 Å². The van der Waals surface area contributed by atoms with Gasteiger partial charge >= 0.3 is 5.97 Å². The van der Waals surface area contributed by atoms with Crippen molar-refractivity contribution in [1.29, 1.82) is 0 Å². The summed E-state index contributed by atoms with van der Waals surface area (Å²) in [6.07, 6.45) is 9.95. The minimum absolute atomic E-state index is 0.0986. The average molecular weight is 402 g/mol. The van der Waals surface area contributed by atoms with Crippen molar-refractivity contribution < 1.29 is 14.3 Å². The van der Waals surface area contributed by atoms with Crippen LogP contribution in [0.2, 0.25) is 0 Å². The molecule has 0 radical (unpaired) electrons. The first-order valence-electron chi connectivity index (χ1n) is 11.5. The number of amides is 1. The molecule has 0 spiro atoms. The Morgan fingerprint density at radius 1 is 1.00 bits per heavy atom. The van der Waals surface area contributed by atoms with Gasteiger partial charge < -0.3 is 4.74 Å². The third kappa shape index (κ3) is 6.87. The SMILES string of the molecule is CCCCCCCCCC(C)C1OC(=O)C(CC(C)C)N1C(=O)c1ccccc1. The van der Waals surface area contributed by atoms with Gasteiger partial charge in [-0.3, -0.25) is 9.69 Å². The molecule has 1 amide bonds. The Hall–Kier alpha value is -1.84. The molecule has 4 heteroatoms. The standard InChI is InChI=1S/C25H39NO3/c1-5-6-7-8-9-10-12-15-20(4)24-26(22(18-19(2)3)25(28)29-24)23(27)21-16-13-11-14-17-21/h11,13-14,16-17,19-20,22,24H,5-10,12,15,18H2,1-4H3. The number of nitrogens with zero attached hydrogens (tertiary/aromatic N) is 1. The van der Waals surface area contributed by atoms with Crippen LogP contribution in [-0.2, 0) is 9.53 Å². The summed E-state index contributed by atoms with van der Waals surface area (Å²) in [6.45, 7) is 8.50. The van der Waals surface area contributed by atoms with Crippen molar-refractivity contribution >= 4 is 11.9 Å². The maximum atomic E-state index is 13.3. The van der Waals surface area contributed by atoms with Crippen LogP contribution in [0, 0.1) is 11.8 Å². The fourth-order valence-corrected chi connectivity index (χ4v) is 4.14. The molecule has 1 fully saturated rings. The molecule has 3 atom stereocenters. The van der Waals surface area contributed by atoms with Crippen LogP contribution in [-0.4, -0.2) is 29.0 Å². The van der Waals surface area contributed by atoms with Crippen LogP contribution in [0.15, 0.2) is 30.3 Å². The number of hydrogen-bond donors (Lipinski definition) is 0. The van der Waals surface area contributed by atoms with E-state index in [1.165, 1.54) is 38.5 Å². The van der Waals surface area contributed by atoms with E-state index in [0.717, 1.165) is 12.8 Å². The molecule has 3 unspecified atom stereocenters. The number of esters is 1. The van der Waals surface area contributed by atoms with Gasteiger partial charge in [-0.2, -0.15) is 0 Å². The molecule has 1 saturated heterocycles. The number of hydrogen-bond acceptors (Lipinski definition) is 3. The second kappa shape index (κ2) is 12.0. The Morgan fingerprint density at radius 3 is 2.24 bits per heavy atom. The van der Waals surface area contributed by atoms with Gasteiger partial charge in [0.15, 0.2) is 6.23 Å². The van der Waals surface area contributed by atoms with Crippen molar-refractivity contribution in [2.24, 2.45) is 11.8 Å². The van der Waals surface area contributed by atoms with Crippen LogP contribution in [0.3, 0.4) is 0 Å². The van der Waals surface area contributed by atoms with Gasteiger partial charge in [0.05, 0.1) is 0 Å². The van der Waals surface area contributed by atoms with Gasteiger partial charge in [-0.25, -0.2) is 4.79 Å². The molecule has 0 saturated carbocycles. The van der Waals surface area contributed by atoms with Gasteiger partial charge in [-0.05, 0) is 30.9 Å². The zero-order chi connectivity index (χ0) is 21.2. The molecule has 29 heavy (non-hydrogen) atoms. The molecule has 0 aliphatic carbocycles. The summed E-state index contributed by atoms with van der Waals surface area (Å²) >= 11 is 0. The van der Waals surface area contributed by atoms with Gasteiger partial charge in [0, 0.05) is 11.5 Å². The number of ether oxygens (including phenoxy) is 1. The lowest BCUT2D eigenvalue weighted by Gasteiger charge is -2.30. The van der Waals surface area contributed by atoms with Crippen molar-refractivity contribution in [1.82, 2.24) is 4.90 Å². The highest BCUT2D eigenvalue weighted by Gasteiger charge is 2.47. The number of benzene rings is 1. The van der Waals surface area contributed by atoms with Crippen molar-refractivity contribution in [2.75, 3.05) is 0 Å². The van der Waals surface area contributed by atoms with E-state index in [9.17, 15) is 9.59 Å². The molecular weight excluding hydrogens is 362 g/mol. The maximum Gasteiger partial charge on any atom is 0.330 e. The lowest BCUT2D eigenvalue weighted by molar-refractivity contribution is -0.144. The topological polar surface area (TPSA) is 46.6 Å². The Labute approximate surface area is 177 Å². The first kappa shape index (κ1) is 23.4. The van der Waals surface area contributed by atoms with Crippen LogP contribution >= 0.6 is 0 Å². The van der Waals surface area contributed by atoms with E-state index in [-0.39, 0.29) is 17.8 Å². The summed E-state index contributed by atoms with van der Waals surface area (Å²) in [5.74, 6) is 0.105. The first-order valence-corrected chi connectivity index (χ1v) is 11.5. The molecule has 1 heterocycles. The van der Waals surface area contributed by atoms with E-state index < -0.39 is 12.3 Å². The maximum absolute atomic E-state index is 13.3. The summed E-state index contributed by atoms with van der Waals surface area (Å²) in [6, 6.07) is 8.77. The first-order chi connectivity index (χ1) is 14.0. The van der Waals surface area contributed by atoms with Crippen LogP contribution < -0.4 is 0 Å². The van der Waals surface area contributed by atoms with E-state index in [1.807, 2.05) is 30.3 Å². The predicted molar refractivity (Wildman–Crippen MR) is 118 cm³/mol. The Balaban J connectivity index is 2.01. The molecule has 0 aromatic heterocycles. The third-order valence-electron chi connectivity index (χ3n) is 5.82. The van der Waals surface area contributed by atoms with Crippen LogP contribution in [0.25, 0.3) is 0 Å². The van der Waals surface area contributed by atoms with Crippen molar-refractivity contribution in [2.45, 2.75) is 97.8 Å². The molecule has 0 N–H and O–H groups in total. The fourth-order valence-electron chi connectivity index (χ4n) is 4.14. The summed E-state index contributed by atoms with van der Waals surface area (Å²) in [5.41, 5.74) is 0.618. The summed E-state index contributed by atoms with van der Waals surface area (Å²) in [7, 11) is 0. The Bertz CT molecular complexity index is 628. The van der Waals surface area contributed by atoms with Gasteiger partial charge in [0.25, 0.3) is 5.91 Å². The molecule has 2 rings (SSSR count). The fraction of sp³-hybridized carbons (Fsp3) is 0.680. The monoisotopic (exact) mass is 401 g/mol. The minimum Gasteiger partial charge on any atom is -0.440 e. The Kier molecular flexibility index (Phi) is 9.69. The molecule has 1 aliphatic heterocycles. The molecule has 1 aliphatic rings. The Morgan fingerprint density at radius 2 is 1.62 bits per heavy atom. The highest BCUT2D eigenvalue weighted by molar-refractivity contribution is 5.98. The molecule has 1 aromatic rings. The predicted octanol–water partition coefficient (Wildman–Crippen LogP) is 6.20. The van der Waals surface area contributed by atoms with E-state index in [4.69, 9.17) is 4.74 Å². The normalized spacial score (nSPS) is 20.2. The smallest absolute Gasteiger partial charge is 0.330 e. The average Bonchev–Trinajstić information content (AvgIpc) is 3.03. The molecule has 1 aromatic carbocycles. The van der Waals surface area contributed by atoms with Gasteiger partial charge in [0.1, 0.15) is 6.04 Å². The second-order valence-corrected chi connectivity index (χ2v) is 8.94. The number of carbonyl (C=O) groups is 2. The van der Waals surface area contributed by atoms with E-state index >= 15 is 0 Å². The minimum atomic E-state index is -0.482. The van der Waals surface area contributed by atoms with Crippen molar-refractivity contribution in [3.05, 3.63) is 35.9 Å². The molecular formula is C25H39NO3. The van der Waals surface area contributed by atoms with Gasteiger partial charge in [-0.1, -0.05) is 90.8 Å². The summed E-state index contributed by atoms with van der Waals surface area (Å²) in [5, 5.41) is 0. The van der Waals surface area contributed by atoms with E-state index in [2.05, 4.69) is 27.7 Å². The quantitative estimate of drug-likeness (QED) is 0.309. The number of carbonyl (C=O) groups excluding carboxylic acids is 2. The largest absolute Gasteiger partial charge is 0.440 e. The zero-order valence-corrected chi connectivity index (χ0v) is 18.7. The lowest BCUT2D eigenvalue weighted by atomic mass is 9.97.